The van der Waals surface area contributed by atoms with E-state index in [0.717, 1.165) is 51.6 Å². The quantitative estimate of drug-likeness (QED) is 0.490. The van der Waals surface area contributed by atoms with Crippen molar-refractivity contribution in [3.63, 3.8) is 0 Å². The molecule has 1 aliphatic rings. The van der Waals surface area contributed by atoms with E-state index in [-0.39, 0.29) is 24.6 Å². The molecule has 0 aliphatic carbocycles. The Morgan fingerprint density at radius 3 is 2.39 bits per heavy atom. The van der Waals surface area contributed by atoms with Crippen LogP contribution in [0.3, 0.4) is 0 Å². The molecule has 1 unspecified atom stereocenters. The van der Waals surface area contributed by atoms with Crippen LogP contribution in [0.2, 0.25) is 0 Å². The van der Waals surface area contributed by atoms with Gasteiger partial charge in [0, 0.05) is 13.1 Å². The highest BCUT2D eigenvalue weighted by Gasteiger charge is 2.29. The molecule has 0 saturated carbocycles. The predicted octanol–water partition coefficient (Wildman–Crippen LogP) is 5.96. The van der Waals surface area contributed by atoms with Crippen LogP contribution in [0.25, 0.3) is 11.1 Å². The maximum atomic E-state index is 11.6. The van der Waals surface area contributed by atoms with E-state index in [0.29, 0.717) is 6.61 Å². The molecule has 1 saturated heterocycles. The van der Waals surface area contributed by atoms with Crippen molar-refractivity contribution in [2.45, 2.75) is 71.1 Å². The zero-order valence-electron chi connectivity index (χ0n) is 18.8. The van der Waals surface area contributed by atoms with Gasteiger partial charge in [-0.1, -0.05) is 75.2 Å². The fraction of sp³-hybridized carbons (Fsp3) is 0.500. The number of benzene rings is 2. The van der Waals surface area contributed by atoms with Crippen LogP contribution in [0.5, 0.6) is 0 Å². The van der Waals surface area contributed by atoms with Gasteiger partial charge in [0.05, 0.1) is 12.7 Å². The van der Waals surface area contributed by atoms with Crippen molar-refractivity contribution in [3.8, 4) is 11.1 Å². The molecule has 1 aliphatic heterocycles. The van der Waals surface area contributed by atoms with Gasteiger partial charge in [0.2, 0.25) is 0 Å². The van der Waals surface area contributed by atoms with E-state index in [2.05, 4.69) is 67.3 Å². The molecule has 2 aromatic carbocycles. The van der Waals surface area contributed by atoms with Gasteiger partial charge in [-0.05, 0) is 47.9 Å². The normalized spacial score (nSPS) is 15.9. The Labute approximate surface area is 193 Å². The third-order valence-electron chi connectivity index (χ3n) is 6.20. The fourth-order valence-corrected chi connectivity index (χ4v) is 4.27. The number of carboxylic acid groups (broad SMARTS) is 1. The lowest BCUT2D eigenvalue weighted by Gasteiger charge is -2.35. The first kappa shape index (κ1) is 25.4. The molecule has 0 spiro atoms. The molecule has 1 fully saturated rings. The number of carbonyl (C=O) groups is 1. The monoisotopic (exact) mass is 445 g/mol. The second kappa shape index (κ2) is 12.8. The standard InChI is InChI=1S/C26H35NO3.ClH/c1-3-5-10-25(26(28)29)27-17-15-23(16-18-27)30-19-22-8-6-7-9-24(22)21-13-11-20(4-2)12-14-21;/h6-9,11-14,23,25H,3-5,10,15-19H2,1-2H3,(H,28,29);1H. The third kappa shape index (κ3) is 7.06. The van der Waals surface area contributed by atoms with E-state index in [1.807, 2.05) is 0 Å². The van der Waals surface area contributed by atoms with E-state index < -0.39 is 5.97 Å². The number of hydrogen-bond acceptors (Lipinski definition) is 3. The SMILES string of the molecule is CCCCC(C(=O)O)N1CCC(OCc2ccccc2-c2ccc(CC)cc2)CC1.Cl. The van der Waals surface area contributed by atoms with E-state index in [1.165, 1.54) is 22.3 Å². The largest absolute Gasteiger partial charge is 0.480 e. The Balaban J connectivity index is 0.00000341. The van der Waals surface area contributed by atoms with Gasteiger partial charge >= 0.3 is 5.97 Å². The van der Waals surface area contributed by atoms with Crippen LogP contribution in [0.1, 0.15) is 57.1 Å². The molecule has 0 aromatic heterocycles. The summed E-state index contributed by atoms with van der Waals surface area (Å²) in [6.07, 6.45) is 5.75. The average molecular weight is 446 g/mol. The predicted molar refractivity (Wildman–Crippen MR) is 129 cm³/mol. The van der Waals surface area contributed by atoms with Crippen molar-refractivity contribution < 1.29 is 14.6 Å². The first-order chi connectivity index (χ1) is 14.6. The number of hydrogen-bond donors (Lipinski definition) is 1. The fourth-order valence-electron chi connectivity index (χ4n) is 4.27. The van der Waals surface area contributed by atoms with Crippen LogP contribution in [0.4, 0.5) is 0 Å². The number of carboxylic acids is 1. The van der Waals surface area contributed by atoms with Crippen molar-refractivity contribution >= 4 is 18.4 Å². The summed E-state index contributed by atoms with van der Waals surface area (Å²) in [5.74, 6) is -0.689. The summed E-state index contributed by atoms with van der Waals surface area (Å²) >= 11 is 0. The molecule has 5 heteroatoms. The highest BCUT2D eigenvalue weighted by atomic mass is 35.5. The van der Waals surface area contributed by atoms with Crippen molar-refractivity contribution in [2.75, 3.05) is 13.1 Å². The first-order valence-electron chi connectivity index (χ1n) is 11.4. The minimum Gasteiger partial charge on any atom is -0.480 e. The molecule has 0 radical (unpaired) electrons. The number of ether oxygens (including phenoxy) is 1. The van der Waals surface area contributed by atoms with Gasteiger partial charge in [-0.3, -0.25) is 9.69 Å². The van der Waals surface area contributed by atoms with Crippen LogP contribution in [0.15, 0.2) is 48.5 Å². The second-order valence-corrected chi connectivity index (χ2v) is 8.25. The second-order valence-electron chi connectivity index (χ2n) is 8.25. The van der Waals surface area contributed by atoms with Gasteiger partial charge in [0.15, 0.2) is 0 Å². The molecular weight excluding hydrogens is 410 g/mol. The molecule has 31 heavy (non-hydrogen) atoms. The van der Waals surface area contributed by atoms with Gasteiger partial charge in [0.1, 0.15) is 6.04 Å². The topological polar surface area (TPSA) is 49.8 Å². The lowest BCUT2D eigenvalue weighted by atomic mass is 9.98. The Morgan fingerprint density at radius 2 is 1.77 bits per heavy atom. The molecule has 1 N–H and O–H groups in total. The van der Waals surface area contributed by atoms with Gasteiger partial charge in [-0.15, -0.1) is 12.4 Å². The number of piperidine rings is 1. The lowest BCUT2D eigenvalue weighted by molar-refractivity contribution is -0.145. The summed E-state index contributed by atoms with van der Waals surface area (Å²) in [6.45, 7) is 6.46. The molecule has 0 bridgehead atoms. The maximum absolute atomic E-state index is 11.6. The van der Waals surface area contributed by atoms with E-state index in [9.17, 15) is 9.90 Å². The van der Waals surface area contributed by atoms with Gasteiger partial charge < -0.3 is 9.84 Å². The van der Waals surface area contributed by atoms with Crippen LogP contribution >= 0.6 is 12.4 Å². The van der Waals surface area contributed by atoms with E-state index in [1.54, 1.807) is 0 Å². The van der Waals surface area contributed by atoms with Gasteiger partial charge in [0.25, 0.3) is 0 Å². The Bertz CT molecular complexity index is 801. The summed E-state index contributed by atoms with van der Waals surface area (Å²) in [6, 6.07) is 16.9. The maximum Gasteiger partial charge on any atom is 0.320 e. The molecule has 1 heterocycles. The number of nitrogens with zero attached hydrogens (tertiary/aromatic N) is 1. The minimum atomic E-state index is -0.689. The Morgan fingerprint density at radius 1 is 1.10 bits per heavy atom. The van der Waals surface area contributed by atoms with Crippen LogP contribution in [-0.2, 0) is 22.6 Å². The summed E-state index contributed by atoms with van der Waals surface area (Å²) in [5.41, 5.74) is 5.00. The average Bonchev–Trinajstić information content (AvgIpc) is 2.79. The van der Waals surface area contributed by atoms with E-state index >= 15 is 0 Å². The van der Waals surface area contributed by atoms with Crippen molar-refractivity contribution in [1.82, 2.24) is 4.90 Å². The number of aryl methyl sites for hydroxylation is 1. The number of unbranched alkanes of at least 4 members (excludes halogenated alkanes) is 1. The van der Waals surface area contributed by atoms with Crippen LogP contribution in [-0.4, -0.2) is 41.2 Å². The summed E-state index contributed by atoms with van der Waals surface area (Å²) in [4.78, 5) is 13.8. The third-order valence-corrected chi connectivity index (χ3v) is 6.20. The van der Waals surface area contributed by atoms with E-state index in [4.69, 9.17) is 4.74 Å². The molecule has 1 atom stereocenters. The smallest absolute Gasteiger partial charge is 0.320 e. The molecule has 3 rings (SSSR count). The molecule has 0 amide bonds. The lowest BCUT2D eigenvalue weighted by Crippen LogP contribution is -2.47. The summed E-state index contributed by atoms with van der Waals surface area (Å²) in [7, 11) is 0. The Kier molecular flexibility index (Phi) is 10.5. The minimum absolute atomic E-state index is 0. The highest BCUT2D eigenvalue weighted by Crippen LogP contribution is 2.26. The molecular formula is C26H36ClNO3. The number of likely N-dealkylation sites (tertiary alicyclic amines) is 1. The van der Waals surface area contributed by atoms with Crippen LogP contribution in [0, 0.1) is 0 Å². The zero-order valence-corrected chi connectivity index (χ0v) is 19.6. The molecule has 170 valence electrons. The van der Waals surface area contributed by atoms with Gasteiger partial charge in [-0.25, -0.2) is 0 Å². The first-order valence-corrected chi connectivity index (χ1v) is 11.4. The summed E-state index contributed by atoms with van der Waals surface area (Å²) in [5, 5.41) is 9.57. The molecule has 2 aromatic rings. The van der Waals surface area contributed by atoms with Crippen LogP contribution < -0.4 is 0 Å². The number of rotatable bonds is 10. The Hall–Kier alpha value is -1.88. The summed E-state index contributed by atoms with van der Waals surface area (Å²) < 4.78 is 6.27. The van der Waals surface area contributed by atoms with Gasteiger partial charge in [-0.2, -0.15) is 0 Å². The molecule has 4 nitrogen and oxygen atoms in total. The highest BCUT2D eigenvalue weighted by molar-refractivity contribution is 5.85. The zero-order chi connectivity index (χ0) is 21.3. The van der Waals surface area contributed by atoms with Crippen molar-refractivity contribution in [3.05, 3.63) is 59.7 Å². The number of aliphatic carboxylic acids is 1. The van der Waals surface area contributed by atoms with Crippen molar-refractivity contribution in [2.24, 2.45) is 0 Å². The van der Waals surface area contributed by atoms with Crippen molar-refractivity contribution in [1.29, 1.82) is 0 Å². The number of halogens is 1.